The first kappa shape index (κ1) is 23.3. The summed E-state index contributed by atoms with van der Waals surface area (Å²) in [4.78, 5) is 15.4. The number of para-hydroxylation sites is 1. The molecule has 37 heavy (non-hydrogen) atoms. The number of aromatic nitrogens is 2. The Morgan fingerprint density at radius 1 is 1.03 bits per heavy atom. The Morgan fingerprint density at radius 3 is 2.57 bits per heavy atom. The number of carbonyl (C=O) groups is 1. The van der Waals surface area contributed by atoms with Gasteiger partial charge in [-0.2, -0.15) is 5.10 Å². The third-order valence-electron chi connectivity index (χ3n) is 6.97. The Balaban J connectivity index is 1.49. The highest BCUT2D eigenvalue weighted by Gasteiger charge is 2.48. The van der Waals surface area contributed by atoms with Crippen LogP contribution in [-0.4, -0.2) is 52.1 Å². The second-order valence-corrected chi connectivity index (χ2v) is 11.8. The van der Waals surface area contributed by atoms with Crippen molar-refractivity contribution in [2.75, 3.05) is 11.5 Å². The lowest BCUT2D eigenvalue weighted by Crippen LogP contribution is -2.40. The van der Waals surface area contributed by atoms with Gasteiger partial charge in [0, 0.05) is 17.2 Å². The van der Waals surface area contributed by atoms with Gasteiger partial charge >= 0.3 is 0 Å². The molecule has 2 unspecified atom stereocenters. The van der Waals surface area contributed by atoms with E-state index in [1.807, 2.05) is 67.6 Å². The molecule has 0 saturated carbocycles. The van der Waals surface area contributed by atoms with E-state index in [-0.39, 0.29) is 23.2 Å². The van der Waals surface area contributed by atoms with Crippen LogP contribution < -0.4 is 4.74 Å². The molecule has 2 aliphatic rings. The molecule has 3 aromatic carbocycles. The van der Waals surface area contributed by atoms with E-state index in [1.54, 1.807) is 17.0 Å². The number of amides is 1. The summed E-state index contributed by atoms with van der Waals surface area (Å²) in [5.74, 6) is 0.972. The van der Waals surface area contributed by atoms with Crippen LogP contribution >= 0.6 is 0 Å². The fourth-order valence-corrected chi connectivity index (χ4v) is 6.99. The lowest BCUT2D eigenvalue weighted by Gasteiger charge is -2.31. The van der Waals surface area contributed by atoms with Gasteiger partial charge in [-0.15, -0.1) is 0 Å². The predicted molar refractivity (Wildman–Crippen MR) is 138 cm³/mol. The molecule has 4 aromatic rings. The molecule has 0 spiro atoms. The summed E-state index contributed by atoms with van der Waals surface area (Å²) in [7, 11) is -3.24. The maximum Gasteiger partial charge on any atom is 0.273 e. The molecule has 1 amide bonds. The number of ether oxygens (including phenoxy) is 1. The van der Waals surface area contributed by atoms with Crippen molar-refractivity contribution in [1.29, 1.82) is 0 Å². The highest BCUT2D eigenvalue weighted by molar-refractivity contribution is 7.91. The number of phenols is 1. The van der Waals surface area contributed by atoms with Crippen molar-refractivity contribution in [2.24, 2.45) is 0 Å². The molecule has 2 atom stereocenters. The van der Waals surface area contributed by atoms with Gasteiger partial charge in [0.05, 0.1) is 17.5 Å². The van der Waals surface area contributed by atoms with Crippen LogP contribution in [0.1, 0.15) is 39.6 Å². The van der Waals surface area contributed by atoms with Gasteiger partial charge in [0.15, 0.2) is 9.84 Å². The number of aromatic amines is 1. The number of H-pyrrole nitrogens is 1. The SMILES string of the molecule is Cc1ccc(O)c(-c2n[nH]c3c2C(c2cccc(Oc4ccccc4)c2)N(C2CCS(=O)(=O)C2)C3=O)c1. The van der Waals surface area contributed by atoms with Crippen LogP contribution in [-0.2, 0) is 9.84 Å². The molecule has 1 saturated heterocycles. The van der Waals surface area contributed by atoms with Crippen LogP contribution in [0.4, 0.5) is 0 Å². The highest BCUT2D eigenvalue weighted by Crippen LogP contribution is 2.47. The van der Waals surface area contributed by atoms with E-state index in [0.717, 1.165) is 11.1 Å². The number of phenolic OH excluding ortho intramolecular Hbond substituents is 1. The Hall–Kier alpha value is -4.11. The Morgan fingerprint density at radius 2 is 1.81 bits per heavy atom. The number of nitrogens with one attached hydrogen (secondary N) is 1. The van der Waals surface area contributed by atoms with Gasteiger partial charge in [-0.05, 0) is 55.3 Å². The predicted octanol–water partition coefficient (Wildman–Crippen LogP) is 4.62. The topological polar surface area (TPSA) is 113 Å². The summed E-state index contributed by atoms with van der Waals surface area (Å²) < 4.78 is 30.8. The van der Waals surface area contributed by atoms with Crippen LogP contribution in [0, 0.1) is 6.92 Å². The maximum absolute atomic E-state index is 13.7. The summed E-state index contributed by atoms with van der Waals surface area (Å²) in [5.41, 5.74) is 3.59. The van der Waals surface area contributed by atoms with E-state index in [2.05, 4.69) is 10.2 Å². The van der Waals surface area contributed by atoms with Crippen molar-refractivity contribution in [2.45, 2.75) is 25.4 Å². The molecule has 188 valence electrons. The maximum atomic E-state index is 13.7. The van der Waals surface area contributed by atoms with Gasteiger partial charge in [0.1, 0.15) is 28.6 Å². The molecule has 2 aliphatic heterocycles. The van der Waals surface area contributed by atoms with E-state index in [0.29, 0.717) is 40.4 Å². The van der Waals surface area contributed by atoms with Gasteiger partial charge in [0.25, 0.3) is 5.91 Å². The normalized spacial score (nSPS) is 20.2. The molecule has 0 bridgehead atoms. The van der Waals surface area contributed by atoms with Crippen molar-refractivity contribution in [3.63, 3.8) is 0 Å². The summed E-state index contributed by atoms with van der Waals surface area (Å²) in [6, 6.07) is 21.0. The molecule has 1 fully saturated rings. The minimum absolute atomic E-state index is 0.0447. The third-order valence-corrected chi connectivity index (χ3v) is 8.72. The average molecular weight is 516 g/mol. The van der Waals surface area contributed by atoms with Crippen LogP contribution in [0.5, 0.6) is 17.2 Å². The molecule has 8 nitrogen and oxygen atoms in total. The number of nitrogens with zero attached hydrogens (tertiary/aromatic N) is 2. The largest absolute Gasteiger partial charge is 0.507 e. The Labute approximate surface area is 214 Å². The third kappa shape index (κ3) is 4.15. The van der Waals surface area contributed by atoms with Crippen LogP contribution in [0.15, 0.2) is 72.8 Å². The first-order valence-electron chi connectivity index (χ1n) is 12.0. The van der Waals surface area contributed by atoms with E-state index in [1.165, 1.54) is 0 Å². The average Bonchev–Trinajstić information content (AvgIpc) is 3.54. The molecule has 2 N–H and O–H groups in total. The van der Waals surface area contributed by atoms with Gasteiger partial charge in [-0.25, -0.2) is 8.42 Å². The lowest BCUT2D eigenvalue weighted by atomic mass is 9.94. The number of carbonyl (C=O) groups excluding carboxylic acids is 1. The summed E-state index contributed by atoms with van der Waals surface area (Å²) in [6.45, 7) is 1.92. The molecule has 0 radical (unpaired) electrons. The molecular formula is C28H25N3O5S. The number of aromatic hydroxyl groups is 1. The molecule has 6 rings (SSSR count). The van der Waals surface area contributed by atoms with Crippen molar-refractivity contribution in [3.05, 3.63) is 95.2 Å². The number of rotatable bonds is 5. The minimum Gasteiger partial charge on any atom is -0.507 e. The lowest BCUT2D eigenvalue weighted by molar-refractivity contribution is 0.0677. The van der Waals surface area contributed by atoms with Gasteiger partial charge in [-0.3, -0.25) is 9.89 Å². The van der Waals surface area contributed by atoms with Gasteiger partial charge < -0.3 is 14.7 Å². The van der Waals surface area contributed by atoms with E-state index in [4.69, 9.17) is 4.74 Å². The van der Waals surface area contributed by atoms with E-state index in [9.17, 15) is 18.3 Å². The molecule has 9 heteroatoms. The first-order valence-corrected chi connectivity index (χ1v) is 13.9. The second-order valence-electron chi connectivity index (χ2n) is 9.54. The van der Waals surface area contributed by atoms with Crippen LogP contribution in [0.2, 0.25) is 0 Å². The Bertz CT molecular complexity index is 1610. The highest BCUT2D eigenvalue weighted by atomic mass is 32.2. The zero-order valence-electron chi connectivity index (χ0n) is 20.1. The van der Waals surface area contributed by atoms with Crippen molar-refractivity contribution in [3.8, 4) is 28.5 Å². The van der Waals surface area contributed by atoms with Gasteiger partial charge in [0.2, 0.25) is 0 Å². The van der Waals surface area contributed by atoms with Crippen molar-refractivity contribution < 1.29 is 23.1 Å². The number of sulfone groups is 1. The fourth-order valence-electron chi connectivity index (χ4n) is 5.28. The van der Waals surface area contributed by atoms with Crippen LogP contribution in [0.25, 0.3) is 11.3 Å². The zero-order valence-corrected chi connectivity index (χ0v) is 20.9. The van der Waals surface area contributed by atoms with Crippen molar-refractivity contribution >= 4 is 15.7 Å². The number of hydrogen-bond donors (Lipinski definition) is 2. The standard InChI is InChI=1S/C28H25N3O5S/c1-17-10-11-23(32)22(14-17)25-24-26(30-29-25)28(33)31(19-12-13-37(34,35)16-19)27(24)18-6-5-9-21(15-18)36-20-7-3-2-4-8-20/h2-11,14-15,19,27,32H,12-13,16H2,1H3,(H,29,30). The minimum atomic E-state index is -3.24. The van der Waals surface area contributed by atoms with E-state index < -0.39 is 21.9 Å². The first-order chi connectivity index (χ1) is 17.8. The summed E-state index contributed by atoms with van der Waals surface area (Å²) in [5, 5.41) is 18.0. The molecule has 3 heterocycles. The number of hydrogen-bond acceptors (Lipinski definition) is 6. The fraction of sp³-hybridized carbons (Fsp3) is 0.214. The number of fused-ring (bicyclic) bond motifs is 1. The quantitative estimate of drug-likeness (QED) is 0.401. The second kappa shape index (κ2) is 8.77. The van der Waals surface area contributed by atoms with Crippen molar-refractivity contribution in [1.82, 2.24) is 15.1 Å². The number of aryl methyl sites for hydroxylation is 1. The number of benzene rings is 3. The summed E-state index contributed by atoms with van der Waals surface area (Å²) >= 11 is 0. The summed E-state index contributed by atoms with van der Waals surface area (Å²) in [6.07, 6.45) is 0.369. The Kier molecular flexibility index (Phi) is 5.52. The smallest absolute Gasteiger partial charge is 0.273 e. The van der Waals surface area contributed by atoms with E-state index >= 15 is 0 Å². The molecule has 0 aliphatic carbocycles. The molecular weight excluding hydrogens is 490 g/mol. The van der Waals surface area contributed by atoms with Crippen LogP contribution in [0.3, 0.4) is 0 Å². The monoisotopic (exact) mass is 515 g/mol. The molecule has 1 aromatic heterocycles. The van der Waals surface area contributed by atoms with Gasteiger partial charge in [-0.1, -0.05) is 42.0 Å². The zero-order chi connectivity index (χ0) is 25.7.